The lowest BCUT2D eigenvalue weighted by molar-refractivity contribution is 0.469. The van der Waals surface area contributed by atoms with E-state index in [1.165, 1.54) is 0 Å². The number of para-hydroxylation sites is 1. The summed E-state index contributed by atoms with van der Waals surface area (Å²) in [7, 11) is 0. The Hall–Kier alpha value is -2.69. The number of rotatable bonds is 3. The average molecular weight is 368 g/mol. The van der Waals surface area contributed by atoms with Gasteiger partial charge in [-0.2, -0.15) is 4.98 Å². The van der Waals surface area contributed by atoms with E-state index in [0.29, 0.717) is 32.9 Å². The van der Waals surface area contributed by atoms with Gasteiger partial charge in [0.05, 0.1) is 15.9 Å². The SMILES string of the molecule is Clc1ccc2nc(-c3cccnc3)nc(Oc3ccccc3Cl)c2c1. The molecule has 0 atom stereocenters. The standard InChI is InChI=1S/C19H11Cl2N3O/c20-13-7-8-16-14(10-13)19(25-17-6-2-1-5-15(17)21)24-18(23-16)12-4-3-9-22-11-12/h1-11H. The van der Waals surface area contributed by atoms with Crippen LogP contribution in [0.1, 0.15) is 0 Å². The van der Waals surface area contributed by atoms with Crippen molar-refractivity contribution in [3.05, 3.63) is 77.0 Å². The molecule has 0 amide bonds. The zero-order valence-corrected chi connectivity index (χ0v) is 14.4. The Morgan fingerprint density at radius 2 is 1.76 bits per heavy atom. The van der Waals surface area contributed by atoms with Crippen molar-refractivity contribution in [1.82, 2.24) is 15.0 Å². The molecular formula is C19H11Cl2N3O. The van der Waals surface area contributed by atoms with E-state index in [2.05, 4.69) is 15.0 Å². The fourth-order valence-corrected chi connectivity index (χ4v) is 2.75. The number of nitrogens with zero attached hydrogens (tertiary/aromatic N) is 3. The third-order valence-electron chi connectivity index (χ3n) is 3.59. The molecule has 2 heterocycles. The van der Waals surface area contributed by atoms with Crippen molar-refractivity contribution in [2.24, 2.45) is 0 Å². The highest BCUT2D eigenvalue weighted by molar-refractivity contribution is 6.32. The van der Waals surface area contributed by atoms with Crippen molar-refractivity contribution in [1.29, 1.82) is 0 Å². The lowest BCUT2D eigenvalue weighted by Crippen LogP contribution is -1.96. The van der Waals surface area contributed by atoms with Crippen molar-refractivity contribution >= 4 is 34.1 Å². The molecule has 0 aliphatic heterocycles. The molecule has 0 N–H and O–H groups in total. The molecule has 4 rings (SSSR count). The summed E-state index contributed by atoms with van der Waals surface area (Å²) in [5.41, 5.74) is 1.52. The van der Waals surface area contributed by atoms with Crippen LogP contribution in [0.3, 0.4) is 0 Å². The van der Waals surface area contributed by atoms with Crippen LogP contribution in [0.2, 0.25) is 10.0 Å². The van der Waals surface area contributed by atoms with Gasteiger partial charge < -0.3 is 4.74 Å². The summed E-state index contributed by atoms with van der Waals surface area (Å²) in [4.78, 5) is 13.3. The van der Waals surface area contributed by atoms with Gasteiger partial charge in [-0.3, -0.25) is 4.98 Å². The van der Waals surface area contributed by atoms with Gasteiger partial charge in [-0.25, -0.2) is 4.98 Å². The van der Waals surface area contributed by atoms with E-state index in [1.54, 1.807) is 36.7 Å². The number of ether oxygens (including phenoxy) is 1. The molecule has 0 aliphatic carbocycles. The molecule has 0 bridgehead atoms. The summed E-state index contributed by atoms with van der Waals surface area (Å²) in [6.07, 6.45) is 3.40. The maximum absolute atomic E-state index is 6.21. The summed E-state index contributed by atoms with van der Waals surface area (Å²) < 4.78 is 5.98. The summed E-state index contributed by atoms with van der Waals surface area (Å²) in [6.45, 7) is 0. The van der Waals surface area contributed by atoms with Gasteiger partial charge in [0.15, 0.2) is 5.82 Å². The average Bonchev–Trinajstić information content (AvgIpc) is 2.64. The maximum atomic E-state index is 6.21. The first-order chi connectivity index (χ1) is 12.2. The van der Waals surface area contributed by atoms with Gasteiger partial charge in [0, 0.05) is 23.0 Å². The number of hydrogen-bond acceptors (Lipinski definition) is 4. The van der Waals surface area contributed by atoms with Gasteiger partial charge in [-0.15, -0.1) is 0 Å². The van der Waals surface area contributed by atoms with Crippen molar-refractivity contribution < 1.29 is 4.74 Å². The second kappa shape index (κ2) is 6.67. The molecule has 0 aliphatic rings. The van der Waals surface area contributed by atoms with Crippen LogP contribution in [-0.2, 0) is 0 Å². The summed E-state index contributed by atoms with van der Waals surface area (Å²) in [5.74, 6) is 1.42. The molecule has 122 valence electrons. The van der Waals surface area contributed by atoms with Crippen LogP contribution in [0.4, 0.5) is 0 Å². The fraction of sp³-hybridized carbons (Fsp3) is 0. The zero-order chi connectivity index (χ0) is 17.2. The molecule has 0 unspecified atom stereocenters. The minimum atomic E-state index is 0.388. The fourth-order valence-electron chi connectivity index (χ4n) is 2.41. The minimum Gasteiger partial charge on any atom is -0.437 e. The van der Waals surface area contributed by atoms with Crippen LogP contribution in [0.25, 0.3) is 22.3 Å². The number of pyridine rings is 1. The van der Waals surface area contributed by atoms with Gasteiger partial charge in [-0.05, 0) is 42.5 Å². The molecule has 2 aromatic carbocycles. The van der Waals surface area contributed by atoms with Crippen LogP contribution in [0.15, 0.2) is 67.0 Å². The van der Waals surface area contributed by atoms with Gasteiger partial charge in [0.25, 0.3) is 0 Å². The Morgan fingerprint density at radius 3 is 2.56 bits per heavy atom. The van der Waals surface area contributed by atoms with E-state index in [9.17, 15) is 0 Å². The Bertz CT molecular complexity index is 1050. The molecule has 0 saturated carbocycles. The molecule has 2 aromatic heterocycles. The lowest BCUT2D eigenvalue weighted by atomic mass is 10.2. The first-order valence-electron chi connectivity index (χ1n) is 7.51. The molecule has 0 radical (unpaired) electrons. The molecule has 4 nitrogen and oxygen atoms in total. The number of fused-ring (bicyclic) bond motifs is 1. The van der Waals surface area contributed by atoms with E-state index in [4.69, 9.17) is 27.9 Å². The minimum absolute atomic E-state index is 0.388. The van der Waals surface area contributed by atoms with Crippen molar-refractivity contribution in [2.75, 3.05) is 0 Å². The second-order valence-corrected chi connectivity index (χ2v) is 6.13. The molecule has 25 heavy (non-hydrogen) atoms. The first-order valence-corrected chi connectivity index (χ1v) is 8.26. The Morgan fingerprint density at radius 1 is 0.880 bits per heavy atom. The van der Waals surface area contributed by atoms with Crippen LogP contribution in [-0.4, -0.2) is 15.0 Å². The number of aromatic nitrogens is 3. The Kier molecular flexibility index (Phi) is 4.22. The highest BCUT2D eigenvalue weighted by Crippen LogP contribution is 2.34. The zero-order valence-electron chi connectivity index (χ0n) is 12.9. The van der Waals surface area contributed by atoms with E-state index in [0.717, 1.165) is 11.1 Å². The topological polar surface area (TPSA) is 47.9 Å². The molecule has 0 spiro atoms. The Labute approximate surface area is 154 Å². The number of benzene rings is 2. The normalized spacial score (nSPS) is 10.8. The van der Waals surface area contributed by atoms with E-state index in [1.807, 2.05) is 30.3 Å². The molecule has 4 aromatic rings. The monoisotopic (exact) mass is 367 g/mol. The Balaban J connectivity index is 1.91. The van der Waals surface area contributed by atoms with Crippen molar-refractivity contribution in [3.8, 4) is 23.0 Å². The lowest BCUT2D eigenvalue weighted by Gasteiger charge is -2.11. The van der Waals surface area contributed by atoms with Crippen molar-refractivity contribution in [2.45, 2.75) is 0 Å². The number of halogens is 2. The van der Waals surface area contributed by atoms with Crippen molar-refractivity contribution in [3.63, 3.8) is 0 Å². The largest absolute Gasteiger partial charge is 0.437 e. The summed E-state index contributed by atoms with van der Waals surface area (Å²) in [5, 5.41) is 1.79. The van der Waals surface area contributed by atoms with Gasteiger partial charge in [0.2, 0.25) is 5.88 Å². The molecule has 0 fully saturated rings. The van der Waals surface area contributed by atoms with Crippen LogP contribution >= 0.6 is 23.2 Å². The maximum Gasteiger partial charge on any atom is 0.230 e. The molecule has 0 saturated heterocycles. The predicted molar refractivity (Wildman–Crippen MR) is 99.3 cm³/mol. The van der Waals surface area contributed by atoms with E-state index >= 15 is 0 Å². The highest BCUT2D eigenvalue weighted by Gasteiger charge is 2.13. The van der Waals surface area contributed by atoms with E-state index in [-0.39, 0.29) is 0 Å². The predicted octanol–water partition coefficient (Wildman–Crippen LogP) is 5.79. The molecule has 6 heteroatoms. The van der Waals surface area contributed by atoms with E-state index < -0.39 is 0 Å². The smallest absolute Gasteiger partial charge is 0.230 e. The van der Waals surface area contributed by atoms with Gasteiger partial charge >= 0.3 is 0 Å². The summed E-state index contributed by atoms with van der Waals surface area (Å²) in [6, 6.07) is 16.3. The molecular weight excluding hydrogens is 357 g/mol. The van der Waals surface area contributed by atoms with Crippen LogP contribution < -0.4 is 4.74 Å². The summed E-state index contributed by atoms with van der Waals surface area (Å²) >= 11 is 12.3. The van der Waals surface area contributed by atoms with Crippen LogP contribution in [0, 0.1) is 0 Å². The third kappa shape index (κ3) is 3.27. The van der Waals surface area contributed by atoms with Gasteiger partial charge in [-0.1, -0.05) is 35.3 Å². The third-order valence-corrected chi connectivity index (χ3v) is 4.13. The van der Waals surface area contributed by atoms with Gasteiger partial charge in [0.1, 0.15) is 5.75 Å². The first kappa shape index (κ1) is 15.8. The number of hydrogen-bond donors (Lipinski definition) is 0. The second-order valence-electron chi connectivity index (χ2n) is 5.29. The quantitative estimate of drug-likeness (QED) is 0.459. The highest BCUT2D eigenvalue weighted by atomic mass is 35.5. The van der Waals surface area contributed by atoms with Crippen LogP contribution in [0.5, 0.6) is 11.6 Å².